The van der Waals surface area contributed by atoms with E-state index in [0.29, 0.717) is 6.54 Å². The number of halogens is 1. The summed E-state index contributed by atoms with van der Waals surface area (Å²) in [6, 6.07) is 7.40. The smallest absolute Gasteiger partial charge is 0.319 e. The van der Waals surface area contributed by atoms with Gasteiger partial charge in [-0.25, -0.2) is 4.79 Å². The van der Waals surface area contributed by atoms with Gasteiger partial charge in [0.25, 0.3) is 0 Å². The molecule has 1 aromatic carbocycles. The van der Waals surface area contributed by atoms with Gasteiger partial charge >= 0.3 is 6.03 Å². The SMILES string of the molecule is O=C(NCCN1CCNCC1)Nc1ccccc1Br. The normalized spacial score (nSPS) is 16.1. The molecule has 1 fully saturated rings. The van der Waals surface area contributed by atoms with Gasteiger partial charge in [0, 0.05) is 43.7 Å². The Bertz CT molecular complexity index is 421. The fourth-order valence-corrected chi connectivity index (χ4v) is 2.38. The summed E-state index contributed by atoms with van der Waals surface area (Å²) in [5.41, 5.74) is 0.780. The molecule has 5 nitrogen and oxygen atoms in total. The second-order valence-corrected chi connectivity index (χ2v) is 5.31. The van der Waals surface area contributed by atoms with Crippen LogP contribution in [0.2, 0.25) is 0 Å². The molecule has 2 rings (SSSR count). The van der Waals surface area contributed by atoms with Gasteiger partial charge in [0.2, 0.25) is 0 Å². The molecule has 0 atom stereocenters. The zero-order valence-corrected chi connectivity index (χ0v) is 12.4. The van der Waals surface area contributed by atoms with Crippen molar-refractivity contribution < 1.29 is 4.79 Å². The largest absolute Gasteiger partial charge is 0.337 e. The van der Waals surface area contributed by atoms with E-state index in [1.807, 2.05) is 24.3 Å². The standard InChI is InChI=1S/C13H19BrN4O/c14-11-3-1-2-4-12(11)17-13(19)16-7-10-18-8-5-15-6-9-18/h1-4,15H,5-10H2,(H2,16,17,19). The summed E-state index contributed by atoms with van der Waals surface area (Å²) in [6.45, 7) is 5.72. The van der Waals surface area contributed by atoms with Crippen LogP contribution in [0, 0.1) is 0 Å². The van der Waals surface area contributed by atoms with Crippen molar-refractivity contribution in [3.05, 3.63) is 28.7 Å². The molecule has 0 saturated carbocycles. The maximum atomic E-state index is 11.7. The van der Waals surface area contributed by atoms with Crippen molar-refractivity contribution in [3.63, 3.8) is 0 Å². The van der Waals surface area contributed by atoms with E-state index in [-0.39, 0.29) is 6.03 Å². The third kappa shape index (κ3) is 4.81. The number of para-hydroxylation sites is 1. The van der Waals surface area contributed by atoms with Gasteiger partial charge < -0.3 is 16.0 Å². The summed E-state index contributed by atoms with van der Waals surface area (Å²) in [5, 5.41) is 9.00. The summed E-state index contributed by atoms with van der Waals surface area (Å²) in [4.78, 5) is 14.1. The zero-order valence-electron chi connectivity index (χ0n) is 10.8. The first-order valence-electron chi connectivity index (χ1n) is 6.48. The quantitative estimate of drug-likeness (QED) is 0.785. The molecule has 0 unspecified atom stereocenters. The van der Waals surface area contributed by atoms with Gasteiger partial charge in [-0.1, -0.05) is 12.1 Å². The van der Waals surface area contributed by atoms with Crippen LogP contribution in [-0.2, 0) is 0 Å². The van der Waals surface area contributed by atoms with E-state index >= 15 is 0 Å². The van der Waals surface area contributed by atoms with E-state index in [2.05, 4.69) is 36.8 Å². The zero-order chi connectivity index (χ0) is 13.5. The summed E-state index contributed by atoms with van der Waals surface area (Å²) in [5.74, 6) is 0. The Morgan fingerprint density at radius 2 is 2.05 bits per heavy atom. The average molecular weight is 327 g/mol. The minimum absolute atomic E-state index is 0.165. The predicted molar refractivity (Wildman–Crippen MR) is 80.5 cm³/mol. The van der Waals surface area contributed by atoms with Crippen molar-refractivity contribution in [2.45, 2.75) is 0 Å². The Balaban J connectivity index is 1.68. The van der Waals surface area contributed by atoms with Gasteiger partial charge in [0.1, 0.15) is 0 Å². The number of anilines is 1. The van der Waals surface area contributed by atoms with E-state index < -0.39 is 0 Å². The number of carbonyl (C=O) groups is 1. The number of carbonyl (C=O) groups excluding carboxylic acids is 1. The molecule has 0 aliphatic carbocycles. The highest BCUT2D eigenvalue weighted by molar-refractivity contribution is 9.10. The molecule has 6 heteroatoms. The van der Waals surface area contributed by atoms with E-state index in [1.165, 1.54) is 0 Å². The lowest BCUT2D eigenvalue weighted by Crippen LogP contribution is -2.46. The second-order valence-electron chi connectivity index (χ2n) is 4.45. The lowest BCUT2D eigenvalue weighted by atomic mass is 10.3. The van der Waals surface area contributed by atoms with Crippen molar-refractivity contribution in [2.75, 3.05) is 44.6 Å². The number of rotatable bonds is 4. The number of benzene rings is 1. The topological polar surface area (TPSA) is 56.4 Å². The molecule has 1 saturated heterocycles. The number of nitrogens with one attached hydrogen (secondary N) is 3. The highest BCUT2D eigenvalue weighted by atomic mass is 79.9. The van der Waals surface area contributed by atoms with Crippen LogP contribution in [0.3, 0.4) is 0 Å². The molecule has 3 N–H and O–H groups in total. The van der Waals surface area contributed by atoms with Crippen LogP contribution in [0.15, 0.2) is 28.7 Å². The van der Waals surface area contributed by atoms with E-state index in [0.717, 1.165) is 42.9 Å². The number of hydrogen-bond acceptors (Lipinski definition) is 3. The third-order valence-electron chi connectivity index (χ3n) is 3.05. The van der Waals surface area contributed by atoms with Crippen LogP contribution in [0.1, 0.15) is 0 Å². The Morgan fingerprint density at radius 3 is 2.79 bits per heavy atom. The van der Waals surface area contributed by atoms with Gasteiger partial charge in [-0.2, -0.15) is 0 Å². The van der Waals surface area contributed by atoms with Crippen molar-refractivity contribution in [3.8, 4) is 0 Å². The van der Waals surface area contributed by atoms with Crippen LogP contribution in [0.4, 0.5) is 10.5 Å². The maximum absolute atomic E-state index is 11.7. The second kappa shape index (κ2) is 7.47. The van der Waals surface area contributed by atoms with Crippen LogP contribution < -0.4 is 16.0 Å². The van der Waals surface area contributed by atoms with Gasteiger partial charge in [0.15, 0.2) is 0 Å². The highest BCUT2D eigenvalue weighted by Gasteiger charge is 2.09. The molecular weight excluding hydrogens is 308 g/mol. The Hall–Kier alpha value is -1.11. The van der Waals surface area contributed by atoms with E-state index in [9.17, 15) is 4.79 Å². The predicted octanol–water partition coefficient (Wildman–Crippen LogP) is 1.48. The lowest BCUT2D eigenvalue weighted by Gasteiger charge is -2.27. The summed E-state index contributed by atoms with van der Waals surface area (Å²) >= 11 is 3.40. The van der Waals surface area contributed by atoms with Crippen LogP contribution in [0.25, 0.3) is 0 Å². The molecule has 2 amide bonds. The molecule has 104 valence electrons. The van der Waals surface area contributed by atoms with E-state index in [4.69, 9.17) is 0 Å². The molecule has 0 aromatic heterocycles. The van der Waals surface area contributed by atoms with E-state index in [1.54, 1.807) is 0 Å². The number of hydrogen-bond donors (Lipinski definition) is 3. The lowest BCUT2D eigenvalue weighted by molar-refractivity contribution is 0.233. The first-order valence-corrected chi connectivity index (χ1v) is 7.27. The van der Waals surface area contributed by atoms with Crippen molar-refractivity contribution in [1.29, 1.82) is 0 Å². The first-order chi connectivity index (χ1) is 9.25. The van der Waals surface area contributed by atoms with Crippen molar-refractivity contribution in [2.24, 2.45) is 0 Å². The fraction of sp³-hybridized carbons (Fsp3) is 0.462. The Labute approximate surface area is 121 Å². The van der Waals surface area contributed by atoms with Gasteiger partial charge in [-0.3, -0.25) is 4.90 Å². The van der Waals surface area contributed by atoms with Gasteiger partial charge in [0.05, 0.1) is 5.69 Å². The summed E-state index contributed by atoms with van der Waals surface area (Å²) < 4.78 is 0.882. The minimum Gasteiger partial charge on any atom is -0.337 e. The third-order valence-corrected chi connectivity index (χ3v) is 3.74. The number of nitrogens with zero attached hydrogens (tertiary/aromatic N) is 1. The molecule has 0 bridgehead atoms. The minimum atomic E-state index is -0.165. The number of piperazine rings is 1. The number of amides is 2. The molecule has 1 aliphatic rings. The van der Waals surface area contributed by atoms with Crippen LogP contribution in [0.5, 0.6) is 0 Å². The summed E-state index contributed by atoms with van der Waals surface area (Å²) in [7, 11) is 0. The molecule has 0 radical (unpaired) electrons. The first kappa shape index (κ1) is 14.3. The highest BCUT2D eigenvalue weighted by Crippen LogP contribution is 2.20. The monoisotopic (exact) mass is 326 g/mol. The van der Waals surface area contributed by atoms with Crippen LogP contribution in [-0.4, -0.2) is 50.2 Å². The van der Waals surface area contributed by atoms with Crippen LogP contribution >= 0.6 is 15.9 Å². The summed E-state index contributed by atoms with van der Waals surface area (Å²) in [6.07, 6.45) is 0. The van der Waals surface area contributed by atoms with Gasteiger partial charge in [-0.05, 0) is 28.1 Å². The molecule has 19 heavy (non-hydrogen) atoms. The molecule has 1 heterocycles. The average Bonchev–Trinajstić information content (AvgIpc) is 2.43. The fourth-order valence-electron chi connectivity index (χ4n) is 1.99. The Kier molecular flexibility index (Phi) is 5.62. The molecular formula is C13H19BrN4O. The molecule has 0 spiro atoms. The van der Waals surface area contributed by atoms with Crippen molar-refractivity contribution >= 4 is 27.6 Å². The molecule has 1 aromatic rings. The van der Waals surface area contributed by atoms with Crippen molar-refractivity contribution in [1.82, 2.24) is 15.5 Å². The molecule has 1 aliphatic heterocycles. The van der Waals surface area contributed by atoms with Gasteiger partial charge in [-0.15, -0.1) is 0 Å². The number of urea groups is 1. The Morgan fingerprint density at radius 1 is 1.32 bits per heavy atom. The maximum Gasteiger partial charge on any atom is 0.319 e.